The summed E-state index contributed by atoms with van der Waals surface area (Å²) in [6, 6.07) is 9.38. The van der Waals surface area contributed by atoms with Crippen LogP contribution in [0.5, 0.6) is 5.75 Å². The molecule has 1 N–H and O–H groups in total. The van der Waals surface area contributed by atoms with Gasteiger partial charge in [-0.2, -0.15) is 0 Å². The molecule has 0 unspecified atom stereocenters. The van der Waals surface area contributed by atoms with E-state index in [9.17, 15) is 14.7 Å². The Labute approximate surface area is 132 Å². The third kappa shape index (κ3) is 2.74. The van der Waals surface area contributed by atoms with E-state index >= 15 is 0 Å². The third-order valence-electron chi connectivity index (χ3n) is 2.75. The summed E-state index contributed by atoms with van der Waals surface area (Å²) in [5.41, 5.74) is 0.335. The first-order valence-corrected chi connectivity index (χ1v) is 7.48. The van der Waals surface area contributed by atoms with Gasteiger partial charge in [-0.05, 0) is 52.0 Å². The maximum absolute atomic E-state index is 12.3. The van der Waals surface area contributed by atoms with Crippen LogP contribution in [-0.2, 0) is 4.79 Å². The molecule has 2 heterocycles. The second-order valence-electron chi connectivity index (χ2n) is 4.18. The van der Waals surface area contributed by atoms with E-state index in [-0.39, 0.29) is 10.7 Å². The van der Waals surface area contributed by atoms with Crippen molar-refractivity contribution < 1.29 is 19.1 Å². The number of thioether (sulfide) groups is 1. The molecule has 1 fully saturated rings. The second kappa shape index (κ2) is 5.42. The smallest absolute Gasteiger partial charge is 0.298 e. The van der Waals surface area contributed by atoms with Gasteiger partial charge in [0.05, 0.1) is 10.6 Å². The molecule has 7 heteroatoms. The molecule has 5 nitrogen and oxygen atoms in total. The van der Waals surface area contributed by atoms with Crippen LogP contribution in [0.1, 0.15) is 5.76 Å². The molecule has 3 rings (SSSR count). The number of amides is 2. The molecule has 0 aliphatic carbocycles. The van der Waals surface area contributed by atoms with E-state index in [0.717, 1.165) is 16.7 Å². The van der Waals surface area contributed by atoms with Crippen LogP contribution in [0.4, 0.5) is 10.5 Å². The predicted molar refractivity (Wildman–Crippen MR) is 83.0 cm³/mol. The van der Waals surface area contributed by atoms with Crippen LogP contribution in [0.2, 0.25) is 0 Å². The molecular formula is C14H8BrNO4S. The molecular weight excluding hydrogens is 358 g/mol. The minimum absolute atomic E-state index is 0.00880. The Morgan fingerprint density at radius 3 is 2.71 bits per heavy atom. The summed E-state index contributed by atoms with van der Waals surface area (Å²) >= 11 is 4.00. The average Bonchev–Trinajstić information content (AvgIpc) is 2.94. The summed E-state index contributed by atoms with van der Waals surface area (Å²) in [5.74, 6) is 0.0249. The van der Waals surface area contributed by atoms with Crippen molar-refractivity contribution in [2.75, 3.05) is 4.90 Å². The highest BCUT2D eigenvalue weighted by Gasteiger charge is 2.36. The van der Waals surface area contributed by atoms with Gasteiger partial charge in [0.2, 0.25) is 0 Å². The normalized spacial score (nSPS) is 17.0. The monoisotopic (exact) mass is 365 g/mol. The van der Waals surface area contributed by atoms with Gasteiger partial charge in [0, 0.05) is 12.1 Å². The average molecular weight is 366 g/mol. The van der Waals surface area contributed by atoms with E-state index in [1.54, 1.807) is 24.3 Å². The number of phenolic OH excluding ortho intramolecular Hbond substituents is 1. The predicted octanol–water partition coefficient (Wildman–Crippen LogP) is 3.99. The topological polar surface area (TPSA) is 70.8 Å². The van der Waals surface area contributed by atoms with Crippen LogP contribution in [0, 0.1) is 0 Å². The number of carbonyl (C=O) groups excluding carboxylic acids is 2. The van der Waals surface area contributed by atoms with E-state index in [0.29, 0.717) is 16.1 Å². The Morgan fingerprint density at radius 2 is 2.05 bits per heavy atom. The maximum atomic E-state index is 12.3. The number of aromatic hydroxyl groups is 1. The van der Waals surface area contributed by atoms with Crippen molar-refractivity contribution >= 4 is 50.6 Å². The van der Waals surface area contributed by atoms with Gasteiger partial charge in [0.25, 0.3) is 11.1 Å². The number of hydrogen-bond donors (Lipinski definition) is 1. The lowest BCUT2D eigenvalue weighted by atomic mass is 10.2. The third-order valence-corrected chi connectivity index (χ3v) is 4.04. The van der Waals surface area contributed by atoms with Gasteiger partial charge >= 0.3 is 0 Å². The molecule has 2 aromatic rings. The van der Waals surface area contributed by atoms with Gasteiger partial charge < -0.3 is 9.52 Å². The molecule has 106 valence electrons. The van der Waals surface area contributed by atoms with Crippen molar-refractivity contribution in [2.24, 2.45) is 0 Å². The minimum Gasteiger partial charge on any atom is -0.508 e. The second-order valence-corrected chi connectivity index (χ2v) is 5.95. The Kier molecular flexibility index (Phi) is 3.60. The minimum atomic E-state index is -0.442. The standard InChI is InChI=1S/C14H8BrNO4S/c15-12-5-4-10(20-12)7-11-13(18)16(14(19)21-11)8-2-1-3-9(17)6-8/h1-7,17H/b11-7+. The van der Waals surface area contributed by atoms with Crippen LogP contribution in [0.3, 0.4) is 0 Å². The van der Waals surface area contributed by atoms with Crippen LogP contribution < -0.4 is 4.90 Å². The Bertz CT molecular complexity index is 768. The number of furan rings is 1. The van der Waals surface area contributed by atoms with Crippen molar-refractivity contribution in [1.29, 1.82) is 0 Å². The number of phenols is 1. The molecule has 1 aliphatic rings. The number of rotatable bonds is 2. The lowest BCUT2D eigenvalue weighted by molar-refractivity contribution is -0.113. The molecule has 0 bridgehead atoms. The highest BCUT2D eigenvalue weighted by atomic mass is 79.9. The van der Waals surface area contributed by atoms with Gasteiger partial charge in [0.15, 0.2) is 4.67 Å². The zero-order chi connectivity index (χ0) is 15.0. The van der Waals surface area contributed by atoms with E-state index < -0.39 is 11.1 Å². The number of hydrogen-bond acceptors (Lipinski definition) is 5. The van der Waals surface area contributed by atoms with Crippen LogP contribution in [0.15, 0.2) is 50.4 Å². The molecule has 0 radical (unpaired) electrons. The SMILES string of the molecule is O=C1S/C(=C/c2ccc(Br)o2)C(=O)N1c1cccc(O)c1. The molecule has 21 heavy (non-hydrogen) atoms. The van der Waals surface area contributed by atoms with Gasteiger partial charge in [-0.1, -0.05) is 6.07 Å². The van der Waals surface area contributed by atoms with Crippen molar-refractivity contribution in [3.63, 3.8) is 0 Å². The van der Waals surface area contributed by atoms with Crippen LogP contribution in [0.25, 0.3) is 6.08 Å². The van der Waals surface area contributed by atoms with Gasteiger partial charge in [-0.15, -0.1) is 0 Å². The molecule has 0 spiro atoms. The summed E-state index contributed by atoms with van der Waals surface area (Å²) in [6.07, 6.45) is 1.51. The van der Waals surface area contributed by atoms with Crippen LogP contribution in [-0.4, -0.2) is 16.3 Å². The molecule has 0 atom stereocenters. The molecule has 0 saturated carbocycles. The van der Waals surface area contributed by atoms with Crippen molar-refractivity contribution in [3.8, 4) is 5.75 Å². The summed E-state index contributed by atoms with van der Waals surface area (Å²) in [4.78, 5) is 25.6. The van der Waals surface area contributed by atoms with Crippen LogP contribution >= 0.6 is 27.7 Å². The van der Waals surface area contributed by atoms with E-state index in [1.165, 1.54) is 18.2 Å². The number of imide groups is 1. The van der Waals surface area contributed by atoms with Crippen molar-refractivity contribution in [3.05, 3.63) is 51.7 Å². The quantitative estimate of drug-likeness (QED) is 0.814. The molecule has 1 aliphatic heterocycles. The first-order chi connectivity index (χ1) is 10.0. The van der Waals surface area contributed by atoms with Gasteiger partial charge in [0.1, 0.15) is 11.5 Å². The molecule has 2 amide bonds. The number of carbonyl (C=O) groups is 2. The van der Waals surface area contributed by atoms with Crippen molar-refractivity contribution in [1.82, 2.24) is 0 Å². The Hall–Kier alpha value is -1.99. The number of halogens is 1. The fraction of sp³-hybridized carbons (Fsp3) is 0. The summed E-state index contributed by atoms with van der Waals surface area (Å²) in [6.45, 7) is 0. The fourth-order valence-electron chi connectivity index (χ4n) is 1.86. The molecule has 1 aromatic carbocycles. The first-order valence-electron chi connectivity index (χ1n) is 5.87. The largest absolute Gasteiger partial charge is 0.508 e. The highest BCUT2D eigenvalue weighted by Crippen LogP contribution is 2.36. The molecule has 1 aromatic heterocycles. The molecule has 1 saturated heterocycles. The summed E-state index contributed by atoms with van der Waals surface area (Å²) in [7, 11) is 0. The zero-order valence-corrected chi connectivity index (χ0v) is 12.8. The summed E-state index contributed by atoms with van der Waals surface area (Å²) < 4.78 is 5.84. The van der Waals surface area contributed by atoms with Gasteiger partial charge in [-0.3, -0.25) is 9.59 Å². The lowest BCUT2D eigenvalue weighted by Gasteiger charge is -2.12. The highest BCUT2D eigenvalue weighted by molar-refractivity contribution is 9.10. The fourth-order valence-corrected chi connectivity index (χ4v) is 3.00. The Morgan fingerprint density at radius 1 is 1.24 bits per heavy atom. The van der Waals surface area contributed by atoms with Crippen molar-refractivity contribution in [2.45, 2.75) is 0 Å². The maximum Gasteiger partial charge on any atom is 0.298 e. The van der Waals surface area contributed by atoms with E-state index in [2.05, 4.69) is 15.9 Å². The first kappa shape index (κ1) is 14.0. The Balaban J connectivity index is 1.94. The van der Waals surface area contributed by atoms with Gasteiger partial charge in [-0.25, -0.2) is 4.90 Å². The number of nitrogens with zero attached hydrogens (tertiary/aromatic N) is 1. The zero-order valence-electron chi connectivity index (χ0n) is 10.4. The lowest BCUT2D eigenvalue weighted by Crippen LogP contribution is -2.27. The van der Waals surface area contributed by atoms with E-state index in [1.807, 2.05) is 0 Å². The number of anilines is 1. The number of benzene rings is 1. The summed E-state index contributed by atoms with van der Waals surface area (Å²) in [5, 5.41) is 9.04. The van der Waals surface area contributed by atoms with E-state index in [4.69, 9.17) is 4.42 Å².